The number of ether oxygens (including phenoxy) is 1. The van der Waals surface area contributed by atoms with Gasteiger partial charge in [-0.2, -0.15) is 0 Å². The van der Waals surface area contributed by atoms with Crippen LogP contribution in [0.5, 0.6) is 5.75 Å². The average Bonchev–Trinajstić information content (AvgIpc) is 2.40. The zero-order valence-corrected chi connectivity index (χ0v) is 11.5. The van der Waals surface area contributed by atoms with Crippen LogP contribution in [0.3, 0.4) is 0 Å². The monoisotopic (exact) mass is 235 g/mol. The molecule has 0 saturated heterocycles. The molecule has 0 amide bonds. The summed E-state index contributed by atoms with van der Waals surface area (Å²) < 4.78 is 5.19. The molecule has 17 heavy (non-hydrogen) atoms. The van der Waals surface area contributed by atoms with E-state index < -0.39 is 0 Å². The van der Waals surface area contributed by atoms with Gasteiger partial charge >= 0.3 is 0 Å². The zero-order valence-electron chi connectivity index (χ0n) is 11.5. The van der Waals surface area contributed by atoms with Crippen molar-refractivity contribution in [1.82, 2.24) is 5.32 Å². The summed E-state index contributed by atoms with van der Waals surface area (Å²) in [5.41, 5.74) is 1.35. The summed E-state index contributed by atoms with van der Waals surface area (Å²) in [5, 5.41) is 3.72. The van der Waals surface area contributed by atoms with Crippen LogP contribution < -0.4 is 10.1 Å². The average molecular weight is 235 g/mol. The SMILES string of the molecule is CCC(CC)NC(CC)c1ccc(OC)cc1. The zero-order chi connectivity index (χ0) is 12.7. The molecule has 1 atom stereocenters. The summed E-state index contributed by atoms with van der Waals surface area (Å²) in [6.45, 7) is 6.70. The van der Waals surface area contributed by atoms with Gasteiger partial charge in [-0.05, 0) is 37.0 Å². The largest absolute Gasteiger partial charge is 0.497 e. The highest BCUT2D eigenvalue weighted by Crippen LogP contribution is 2.21. The summed E-state index contributed by atoms with van der Waals surface area (Å²) in [5.74, 6) is 0.922. The minimum atomic E-state index is 0.450. The predicted octanol–water partition coefficient (Wildman–Crippen LogP) is 3.92. The number of hydrogen-bond acceptors (Lipinski definition) is 2. The molecule has 0 aliphatic rings. The van der Waals surface area contributed by atoms with Crippen molar-refractivity contribution in [3.63, 3.8) is 0 Å². The molecular weight excluding hydrogens is 210 g/mol. The highest BCUT2D eigenvalue weighted by Gasteiger charge is 2.12. The van der Waals surface area contributed by atoms with Crippen molar-refractivity contribution >= 4 is 0 Å². The molecule has 2 heteroatoms. The molecular formula is C15H25NO. The number of rotatable bonds is 7. The molecule has 1 rings (SSSR count). The third-order valence-electron chi connectivity index (χ3n) is 3.35. The topological polar surface area (TPSA) is 21.3 Å². The van der Waals surface area contributed by atoms with Crippen molar-refractivity contribution < 1.29 is 4.74 Å². The van der Waals surface area contributed by atoms with Gasteiger partial charge in [0.15, 0.2) is 0 Å². The van der Waals surface area contributed by atoms with E-state index in [1.54, 1.807) is 7.11 Å². The Balaban J connectivity index is 2.71. The fourth-order valence-electron chi connectivity index (χ4n) is 2.09. The third kappa shape index (κ3) is 4.04. The second-order valence-corrected chi connectivity index (χ2v) is 4.41. The standard InChI is InChI=1S/C15H25NO/c1-5-13(6-2)16-15(7-3)12-8-10-14(17-4)11-9-12/h8-11,13,15-16H,5-7H2,1-4H3. The number of methoxy groups -OCH3 is 1. The lowest BCUT2D eigenvalue weighted by Crippen LogP contribution is -2.31. The smallest absolute Gasteiger partial charge is 0.118 e. The van der Waals surface area contributed by atoms with Gasteiger partial charge in [0.05, 0.1) is 7.11 Å². The Labute approximate surface area is 105 Å². The van der Waals surface area contributed by atoms with Crippen LogP contribution in [0.25, 0.3) is 0 Å². The molecule has 0 aliphatic carbocycles. The third-order valence-corrected chi connectivity index (χ3v) is 3.35. The maximum Gasteiger partial charge on any atom is 0.118 e. The second kappa shape index (κ2) is 7.33. The maximum absolute atomic E-state index is 5.19. The molecule has 1 aromatic carbocycles. The molecule has 0 aliphatic heterocycles. The Kier molecular flexibility index (Phi) is 6.06. The Bertz CT molecular complexity index is 303. The Morgan fingerprint density at radius 2 is 1.59 bits per heavy atom. The number of hydrogen-bond donors (Lipinski definition) is 1. The Morgan fingerprint density at radius 3 is 2.00 bits per heavy atom. The molecule has 0 aromatic heterocycles. The van der Waals surface area contributed by atoms with Crippen molar-refractivity contribution in [2.75, 3.05) is 7.11 Å². The van der Waals surface area contributed by atoms with Gasteiger partial charge in [-0.25, -0.2) is 0 Å². The van der Waals surface area contributed by atoms with Crippen LogP contribution in [-0.4, -0.2) is 13.2 Å². The van der Waals surface area contributed by atoms with Gasteiger partial charge in [-0.15, -0.1) is 0 Å². The minimum Gasteiger partial charge on any atom is -0.497 e. The van der Waals surface area contributed by atoms with Gasteiger partial charge in [0.2, 0.25) is 0 Å². The van der Waals surface area contributed by atoms with Gasteiger partial charge in [-0.3, -0.25) is 0 Å². The van der Waals surface area contributed by atoms with Gasteiger partial charge in [0.1, 0.15) is 5.75 Å². The summed E-state index contributed by atoms with van der Waals surface area (Å²) >= 11 is 0. The summed E-state index contributed by atoms with van der Waals surface area (Å²) in [6, 6.07) is 9.44. The van der Waals surface area contributed by atoms with Crippen LogP contribution in [-0.2, 0) is 0 Å². The van der Waals surface area contributed by atoms with Crippen LogP contribution in [0.15, 0.2) is 24.3 Å². The van der Waals surface area contributed by atoms with Crippen molar-refractivity contribution in [3.05, 3.63) is 29.8 Å². The summed E-state index contributed by atoms with van der Waals surface area (Å²) in [7, 11) is 1.70. The molecule has 0 radical (unpaired) electrons. The molecule has 2 nitrogen and oxygen atoms in total. The Morgan fingerprint density at radius 1 is 1.00 bits per heavy atom. The minimum absolute atomic E-state index is 0.450. The van der Waals surface area contributed by atoms with Crippen molar-refractivity contribution in [1.29, 1.82) is 0 Å². The van der Waals surface area contributed by atoms with Crippen LogP contribution in [0.2, 0.25) is 0 Å². The van der Waals surface area contributed by atoms with Crippen LogP contribution in [0.1, 0.15) is 51.6 Å². The normalized spacial score (nSPS) is 12.8. The molecule has 0 heterocycles. The van der Waals surface area contributed by atoms with Gasteiger partial charge < -0.3 is 10.1 Å². The molecule has 0 bridgehead atoms. The molecule has 0 fully saturated rings. The molecule has 1 aromatic rings. The quantitative estimate of drug-likeness (QED) is 0.773. The van der Waals surface area contributed by atoms with Crippen molar-refractivity contribution in [2.45, 2.75) is 52.1 Å². The van der Waals surface area contributed by atoms with E-state index in [1.165, 1.54) is 18.4 Å². The first kappa shape index (κ1) is 14.0. The number of benzene rings is 1. The lowest BCUT2D eigenvalue weighted by atomic mass is 10.0. The second-order valence-electron chi connectivity index (χ2n) is 4.41. The maximum atomic E-state index is 5.19. The van der Waals surface area contributed by atoms with Gasteiger partial charge in [-0.1, -0.05) is 32.9 Å². The highest BCUT2D eigenvalue weighted by molar-refractivity contribution is 5.29. The van der Waals surface area contributed by atoms with E-state index in [-0.39, 0.29) is 0 Å². The Hall–Kier alpha value is -1.02. The molecule has 1 unspecified atom stereocenters. The lowest BCUT2D eigenvalue weighted by molar-refractivity contribution is 0.403. The van der Waals surface area contributed by atoms with E-state index in [2.05, 4.69) is 38.2 Å². The summed E-state index contributed by atoms with van der Waals surface area (Å²) in [4.78, 5) is 0. The van der Waals surface area contributed by atoms with Crippen LogP contribution in [0.4, 0.5) is 0 Å². The van der Waals surface area contributed by atoms with E-state index in [1.807, 2.05) is 12.1 Å². The fraction of sp³-hybridized carbons (Fsp3) is 0.600. The van der Waals surface area contributed by atoms with Crippen LogP contribution >= 0.6 is 0 Å². The van der Waals surface area contributed by atoms with E-state index in [0.717, 1.165) is 12.2 Å². The van der Waals surface area contributed by atoms with E-state index in [4.69, 9.17) is 4.74 Å². The van der Waals surface area contributed by atoms with Crippen molar-refractivity contribution in [2.24, 2.45) is 0 Å². The van der Waals surface area contributed by atoms with E-state index in [9.17, 15) is 0 Å². The van der Waals surface area contributed by atoms with Gasteiger partial charge in [0.25, 0.3) is 0 Å². The summed E-state index contributed by atoms with van der Waals surface area (Å²) in [6.07, 6.45) is 3.48. The highest BCUT2D eigenvalue weighted by atomic mass is 16.5. The fourth-order valence-corrected chi connectivity index (χ4v) is 2.09. The molecule has 1 N–H and O–H groups in total. The first-order valence-electron chi connectivity index (χ1n) is 6.65. The lowest BCUT2D eigenvalue weighted by Gasteiger charge is -2.23. The first-order chi connectivity index (χ1) is 8.24. The first-order valence-corrected chi connectivity index (χ1v) is 6.65. The molecule has 96 valence electrons. The van der Waals surface area contributed by atoms with Crippen molar-refractivity contribution in [3.8, 4) is 5.75 Å². The van der Waals surface area contributed by atoms with E-state index >= 15 is 0 Å². The molecule has 0 spiro atoms. The van der Waals surface area contributed by atoms with Crippen LogP contribution in [0, 0.1) is 0 Å². The van der Waals surface area contributed by atoms with Gasteiger partial charge in [0, 0.05) is 12.1 Å². The predicted molar refractivity (Wildman–Crippen MR) is 73.5 cm³/mol. The number of nitrogens with one attached hydrogen (secondary N) is 1. The van der Waals surface area contributed by atoms with E-state index in [0.29, 0.717) is 12.1 Å². The molecule has 0 saturated carbocycles.